The molecule has 0 bridgehead atoms. The minimum absolute atomic E-state index is 0.0139. The first-order chi connectivity index (χ1) is 15.8. The van der Waals surface area contributed by atoms with Gasteiger partial charge in [0.2, 0.25) is 17.7 Å². The van der Waals surface area contributed by atoms with Gasteiger partial charge in [-0.2, -0.15) is 4.98 Å². The van der Waals surface area contributed by atoms with Gasteiger partial charge in [0.1, 0.15) is 17.2 Å². The molecule has 2 heterocycles. The molecule has 11 heteroatoms. The predicted molar refractivity (Wildman–Crippen MR) is 134 cm³/mol. The zero-order chi connectivity index (χ0) is 25.1. The highest BCUT2D eigenvalue weighted by molar-refractivity contribution is 14.1. The van der Waals surface area contributed by atoms with E-state index < -0.39 is 23.4 Å². The highest BCUT2D eigenvalue weighted by Gasteiger charge is 2.35. The predicted octanol–water partition coefficient (Wildman–Crippen LogP) is 5.29. The van der Waals surface area contributed by atoms with Crippen molar-refractivity contribution >= 4 is 40.7 Å². The Kier molecular flexibility index (Phi) is 7.84. The number of halogens is 1. The Morgan fingerprint density at radius 3 is 2.38 bits per heavy atom. The van der Waals surface area contributed by atoms with E-state index in [0.29, 0.717) is 24.7 Å². The van der Waals surface area contributed by atoms with E-state index >= 15 is 0 Å². The number of carbonyl (C=O) groups excluding carboxylic acids is 2. The Labute approximate surface area is 212 Å². The quantitative estimate of drug-likeness (QED) is 0.288. The molecule has 1 atom stereocenters. The number of ether oxygens (including phenoxy) is 2. The second-order valence-corrected chi connectivity index (χ2v) is 11.1. The molecule has 184 valence electrons. The van der Waals surface area contributed by atoms with Gasteiger partial charge in [0, 0.05) is 15.7 Å². The van der Waals surface area contributed by atoms with Crippen molar-refractivity contribution in [2.75, 3.05) is 6.54 Å². The highest BCUT2D eigenvalue weighted by atomic mass is 127. The summed E-state index contributed by atoms with van der Waals surface area (Å²) in [5.74, 6) is 0.845. The molecule has 3 rings (SSSR count). The molecule has 2 aromatic rings. The van der Waals surface area contributed by atoms with Crippen molar-refractivity contribution < 1.29 is 23.6 Å². The summed E-state index contributed by atoms with van der Waals surface area (Å²) in [5, 5.41) is 6.71. The molecule has 10 nitrogen and oxygen atoms in total. The summed E-state index contributed by atoms with van der Waals surface area (Å²) in [6, 6.07) is 7.39. The number of likely N-dealkylation sites (tertiary alicyclic amines) is 1. The van der Waals surface area contributed by atoms with Gasteiger partial charge in [-0.1, -0.05) is 17.3 Å². The van der Waals surface area contributed by atoms with Gasteiger partial charge in [-0.15, -0.1) is 4.99 Å². The van der Waals surface area contributed by atoms with E-state index in [4.69, 9.17) is 14.0 Å². The fourth-order valence-corrected chi connectivity index (χ4v) is 3.65. The molecule has 0 saturated carbocycles. The molecule has 0 radical (unpaired) electrons. The van der Waals surface area contributed by atoms with Crippen LogP contribution < -0.4 is 5.32 Å². The van der Waals surface area contributed by atoms with Gasteiger partial charge in [0.05, 0.1) is 0 Å². The lowest BCUT2D eigenvalue weighted by molar-refractivity contribution is 0.0553. The Bertz CT molecular complexity index is 1050. The molecule has 1 fully saturated rings. The summed E-state index contributed by atoms with van der Waals surface area (Å²) in [6.45, 7) is 11.0. The second-order valence-electron chi connectivity index (χ2n) is 9.86. The summed E-state index contributed by atoms with van der Waals surface area (Å²) in [7, 11) is 0. The van der Waals surface area contributed by atoms with Crippen molar-refractivity contribution in [1.29, 1.82) is 0 Å². The molecule has 1 aromatic heterocycles. The number of aromatic nitrogens is 2. The number of alkyl carbamates (subject to hydrolysis) is 1. The standard InChI is InChI=1S/C23H30IN5O5/c1-22(2,3)32-20(30)26-19(27-21(31)33-23(4,5)6)29-13-7-8-16(29)18-25-17(28-34-18)14-9-11-15(24)12-10-14/h9-12,16H,7-8,13H2,1-6H3,(H,26,27,30,31)/t16-/m0/s1. The molecule has 1 aliphatic rings. The van der Waals surface area contributed by atoms with Crippen molar-refractivity contribution in [2.45, 2.75) is 71.6 Å². The second kappa shape index (κ2) is 10.3. The summed E-state index contributed by atoms with van der Waals surface area (Å²) in [6.07, 6.45) is -0.104. The number of nitrogens with zero attached hydrogens (tertiary/aromatic N) is 4. The number of hydrogen-bond donors (Lipinski definition) is 1. The minimum Gasteiger partial charge on any atom is -0.444 e. The topological polar surface area (TPSA) is 119 Å². The number of aliphatic imine (C=N–C) groups is 1. The number of nitrogens with one attached hydrogen (secondary N) is 1. The van der Waals surface area contributed by atoms with Gasteiger partial charge < -0.3 is 18.9 Å². The molecule has 1 aliphatic heterocycles. The largest absolute Gasteiger partial charge is 0.444 e. The molecule has 0 aliphatic carbocycles. The van der Waals surface area contributed by atoms with Gasteiger partial charge in [-0.3, -0.25) is 5.32 Å². The van der Waals surface area contributed by atoms with Crippen LogP contribution >= 0.6 is 22.6 Å². The SMILES string of the molecule is CC(C)(C)OC(=O)N=C(NC(=O)OC(C)(C)C)N1CCC[C@H]1c1nc(-c2ccc(I)cc2)no1. The van der Waals surface area contributed by atoms with E-state index in [1.807, 2.05) is 24.3 Å². The highest BCUT2D eigenvalue weighted by Crippen LogP contribution is 2.32. The number of guanidine groups is 1. The zero-order valence-corrected chi connectivity index (χ0v) is 22.4. The molecule has 0 spiro atoms. The van der Waals surface area contributed by atoms with Gasteiger partial charge in [-0.05, 0) is 89.1 Å². The average molecular weight is 583 g/mol. The zero-order valence-electron chi connectivity index (χ0n) is 20.2. The van der Waals surface area contributed by atoms with Crippen molar-refractivity contribution in [3.05, 3.63) is 33.7 Å². The number of benzene rings is 1. The smallest absolute Gasteiger partial charge is 0.437 e. The third kappa shape index (κ3) is 7.40. The van der Waals surface area contributed by atoms with Crippen LogP contribution in [0.15, 0.2) is 33.8 Å². The molecular weight excluding hydrogens is 553 g/mol. The third-order valence-electron chi connectivity index (χ3n) is 4.56. The van der Waals surface area contributed by atoms with E-state index in [9.17, 15) is 9.59 Å². The normalized spacial score (nSPS) is 17.0. The summed E-state index contributed by atoms with van der Waals surface area (Å²) in [5.41, 5.74) is -0.633. The van der Waals surface area contributed by atoms with Crippen LogP contribution in [0.1, 0.15) is 66.3 Å². The molecule has 1 saturated heterocycles. The Morgan fingerprint density at radius 2 is 1.76 bits per heavy atom. The van der Waals surface area contributed by atoms with Crippen LogP contribution in [0.2, 0.25) is 0 Å². The van der Waals surface area contributed by atoms with Gasteiger partial charge in [0.25, 0.3) is 0 Å². The first kappa shape index (κ1) is 25.9. The van der Waals surface area contributed by atoms with Crippen LogP contribution in [0.25, 0.3) is 11.4 Å². The number of rotatable bonds is 2. The van der Waals surface area contributed by atoms with Crippen LogP contribution in [-0.4, -0.2) is 50.9 Å². The summed E-state index contributed by atoms with van der Waals surface area (Å²) < 4.78 is 17.4. The number of carbonyl (C=O) groups is 2. The molecule has 1 aromatic carbocycles. The van der Waals surface area contributed by atoms with Crippen molar-refractivity contribution in [1.82, 2.24) is 20.4 Å². The molecule has 1 N–H and O–H groups in total. The maximum Gasteiger partial charge on any atom is 0.437 e. The fraction of sp³-hybridized carbons (Fsp3) is 0.522. The summed E-state index contributed by atoms with van der Waals surface area (Å²) in [4.78, 5) is 35.3. The van der Waals surface area contributed by atoms with E-state index in [1.165, 1.54) is 0 Å². The maximum atomic E-state index is 12.5. The lowest BCUT2D eigenvalue weighted by atomic mass is 10.2. The Morgan fingerprint density at radius 1 is 1.12 bits per heavy atom. The third-order valence-corrected chi connectivity index (χ3v) is 5.28. The first-order valence-corrected chi connectivity index (χ1v) is 12.1. The number of amides is 2. The van der Waals surface area contributed by atoms with Crippen molar-refractivity contribution in [2.24, 2.45) is 4.99 Å². The lowest BCUT2D eigenvalue weighted by Crippen LogP contribution is -2.46. The van der Waals surface area contributed by atoms with E-state index in [2.05, 4.69) is 43.0 Å². The molecular formula is C23H30IN5O5. The fourth-order valence-electron chi connectivity index (χ4n) is 3.29. The van der Waals surface area contributed by atoms with Crippen LogP contribution in [0.3, 0.4) is 0 Å². The van der Waals surface area contributed by atoms with E-state index in [0.717, 1.165) is 15.6 Å². The Hall–Kier alpha value is -2.70. The minimum atomic E-state index is -0.825. The van der Waals surface area contributed by atoms with Crippen molar-refractivity contribution in [3.63, 3.8) is 0 Å². The van der Waals surface area contributed by atoms with E-state index in [-0.39, 0.29) is 12.0 Å². The van der Waals surface area contributed by atoms with Gasteiger partial charge in [-0.25, -0.2) is 9.59 Å². The molecule has 34 heavy (non-hydrogen) atoms. The van der Waals surface area contributed by atoms with Crippen LogP contribution in [0.5, 0.6) is 0 Å². The van der Waals surface area contributed by atoms with Crippen LogP contribution in [0, 0.1) is 3.57 Å². The first-order valence-electron chi connectivity index (χ1n) is 11.0. The molecule has 0 unspecified atom stereocenters. The van der Waals surface area contributed by atoms with Gasteiger partial charge in [0.15, 0.2) is 0 Å². The maximum absolute atomic E-state index is 12.5. The lowest BCUT2D eigenvalue weighted by Gasteiger charge is -2.27. The van der Waals surface area contributed by atoms with Crippen LogP contribution in [0.4, 0.5) is 9.59 Å². The monoisotopic (exact) mass is 583 g/mol. The summed E-state index contributed by atoms with van der Waals surface area (Å²) >= 11 is 2.23. The van der Waals surface area contributed by atoms with Gasteiger partial charge >= 0.3 is 12.2 Å². The Balaban J connectivity index is 1.87. The average Bonchev–Trinajstić information content (AvgIpc) is 3.34. The van der Waals surface area contributed by atoms with Crippen molar-refractivity contribution in [3.8, 4) is 11.4 Å². The number of hydrogen-bond acceptors (Lipinski definition) is 7. The van der Waals surface area contributed by atoms with E-state index in [1.54, 1.807) is 46.4 Å². The van der Waals surface area contributed by atoms with Crippen LogP contribution in [-0.2, 0) is 9.47 Å². The molecule has 2 amide bonds.